The zero-order chi connectivity index (χ0) is 17.5. The molecule has 0 atom stereocenters. The normalized spacial score (nSPS) is 20.2. The van der Waals surface area contributed by atoms with Gasteiger partial charge in [-0.3, -0.25) is 0 Å². The van der Waals surface area contributed by atoms with Crippen molar-refractivity contribution in [1.29, 1.82) is 0 Å². The van der Waals surface area contributed by atoms with Crippen LogP contribution in [0.15, 0.2) is 54.6 Å². The second-order valence-corrected chi connectivity index (χ2v) is 6.77. The Morgan fingerprint density at radius 3 is 2.44 bits per heavy atom. The van der Waals surface area contributed by atoms with E-state index in [4.69, 9.17) is 4.74 Å². The number of carbonyl (C=O) groups excluding carboxylic acids is 1. The second-order valence-electron chi connectivity index (χ2n) is 6.77. The van der Waals surface area contributed by atoms with Crippen LogP contribution in [0.25, 0.3) is 0 Å². The van der Waals surface area contributed by atoms with Crippen LogP contribution in [0.3, 0.4) is 0 Å². The molecule has 0 amide bonds. The van der Waals surface area contributed by atoms with E-state index in [2.05, 4.69) is 30.3 Å². The van der Waals surface area contributed by atoms with Crippen molar-refractivity contribution in [2.75, 3.05) is 26.2 Å². The maximum absolute atomic E-state index is 11.1. The van der Waals surface area contributed by atoms with Gasteiger partial charge in [0.15, 0.2) is 0 Å². The molecule has 0 spiro atoms. The Bertz CT molecular complexity index is 679. The van der Waals surface area contributed by atoms with Gasteiger partial charge in [0, 0.05) is 5.56 Å². The van der Waals surface area contributed by atoms with E-state index in [1.807, 2.05) is 0 Å². The quantitative estimate of drug-likeness (QED) is 0.818. The van der Waals surface area contributed by atoms with Gasteiger partial charge in [-0.25, -0.2) is 0 Å². The molecule has 4 nitrogen and oxygen atoms in total. The molecule has 132 valence electrons. The van der Waals surface area contributed by atoms with Gasteiger partial charge in [-0.05, 0) is 42.9 Å². The molecular formula is C21H25NO3. The van der Waals surface area contributed by atoms with Crippen LogP contribution in [0, 0.1) is 5.92 Å². The largest absolute Gasteiger partial charge is 0.545 e. The number of piperidine rings is 1. The zero-order valence-corrected chi connectivity index (χ0v) is 14.4. The summed E-state index contributed by atoms with van der Waals surface area (Å²) in [6.07, 6.45) is 3.64. The Balaban J connectivity index is 1.40. The van der Waals surface area contributed by atoms with E-state index < -0.39 is 5.97 Å². The van der Waals surface area contributed by atoms with E-state index in [0.29, 0.717) is 12.4 Å². The Hall–Kier alpha value is -2.33. The third kappa shape index (κ3) is 5.07. The Kier molecular flexibility index (Phi) is 6.07. The fraction of sp³-hybridized carbons (Fsp3) is 0.381. The summed E-state index contributed by atoms with van der Waals surface area (Å²) in [5.41, 5.74) is 1.55. The minimum Gasteiger partial charge on any atom is -0.545 e. The molecule has 1 heterocycles. The average Bonchev–Trinajstić information content (AvgIpc) is 2.64. The number of ether oxygens (including phenoxy) is 1. The number of rotatable bonds is 7. The van der Waals surface area contributed by atoms with Crippen LogP contribution < -0.4 is 14.7 Å². The monoisotopic (exact) mass is 339 g/mol. The molecule has 1 aliphatic heterocycles. The van der Waals surface area contributed by atoms with Crippen LogP contribution in [0.4, 0.5) is 0 Å². The van der Waals surface area contributed by atoms with E-state index >= 15 is 0 Å². The van der Waals surface area contributed by atoms with Gasteiger partial charge < -0.3 is 19.5 Å². The maximum atomic E-state index is 11.1. The van der Waals surface area contributed by atoms with E-state index in [-0.39, 0.29) is 5.56 Å². The summed E-state index contributed by atoms with van der Waals surface area (Å²) in [7, 11) is 0. The van der Waals surface area contributed by atoms with Crippen molar-refractivity contribution in [2.24, 2.45) is 5.92 Å². The summed E-state index contributed by atoms with van der Waals surface area (Å²) in [6.45, 7) is 3.74. The first kappa shape index (κ1) is 17.5. The summed E-state index contributed by atoms with van der Waals surface area (Å²) in [4.78, 5) is 12.6. The molecular weight excluding hydrogens is 314 g/mol. The molecule has 0 aromatic heterocycles. The molecule has 2 aromatic rings. The molecule has 0 radical (unpaired) electrons. The summed E-state index contributed by atoms with van der Waals surface area (Å²) < 4.78 is 5.68. The zero-order valence-electron chi connectivity index (χ0n) is 14.4. The Labute approximate surface area is 149 Å². The lowest BCUT2D eigenvalue weighted by atomic mass is 9.90. The van der Waals surface area contributed by atoms with Crippen molar-refractivity contribution < 1.29 is 19.5 Å². The molecule has 1 saturated heterocycles. The lowest BCUT2D eigenvalue weighted by Crippen LogP contribution is -3.13. The first-order valence-electron chi connectivity index (χ1n) is 9.03. The summed E-state index contributed by atoms with van der Waals surface area (Å²) >= 11 is 0. The highest BCUT2D eigenvalue weighted by Crippen LogP contribution is 2.17. The van der Waals surface area contributed by atoms with Crippen molar-refractivity contribution in [1.82, 2.24) is 0 Å². The van der Waals surface area contributed by atoms with Crippen LogP contribution in [0.1, 0.15) is 28.8 Å². The molecule has 1 aliphatic rings. The van der Waals surface area contributed by atoms with Gasteiger partial charge in [-0.15, -0.1) is 0 Å². The van der Waals surface area contributed by atoms with Gasteiger partial charge in [0.2, 0.25) is 0 Å². The molecule has 1 fully saturated rings. The van der Waals surface area contributed by atoms with Crippen molar-refractivity contribution in [3.05, 3.63) is 65.7 Å². The molecule has 25 heavy (non-hydrogen) atoms. The number of hydrogen-bond acceptors (Lipinski definition) is 3. The smallest absolute Gasteiger partial charge is 0.137 e. The number of benzene rings is 2. The minimum absolute atomic E-state index is 0.124. The first-order chi connectivity index (χ1) is 12.2. The van der Waals surface area contributed by atoms with Gasteiger partial charge in [-0.2, -0.15) is 0 Å². The van der Waals surface area contributed by atoms with E-state index in [9.17, 15) is 9.90 Å². The predicted octanol–water partition coefficient (Wildman–Crippen LogP) is 0.967. The standard InChI is InChI=1S/C21H25NO3/c23-21(24)19-8-4-5-9-20(19)25-15-14-22-12-10-18(11-13-22)16-17-6-2-1-3-7-17/h1-9,18H,10-16H2,(H,23,24). The molecule has 0 bridgehead atoms. The Morgan fingerprint density at radius 2 is 1.72 bits per heavy atom. The van der Waals surface area contributed by atoms with Crippen LogP contribution in [-0.2, 0) is 6.42 Å². The average molecular weight is 339 g/mol. The molecule has 0 unspecified atom stereocenters. The number of hydrogen-bond donors (Lipinski definition) is 1. The summed E-state index contributed by atoms with van der Waals surface area (Å²) in [5.74, 6) is -0.0172. The molecule has 0 saturated carbocycles. The van der Waals surface area contributed by atoms with Crippen LogP contribution in [0.2, 0.25) is 0 Å². The highest BCUT2D eigenvalue weighted by atomic mass is 16.5. The summed E-state index contributed by atoms with van der Waals surface area (Å²) in [5, 5.41) is 11.1. The number of quaternary nitrogens is 1. The van der Waals surface area contributed by atoms with Crippen LogP contribution in [-0.4, -0.2) is 32.2 Å². The predicted molar refractivity (Wildman–Crippen MR) is 94.7 cm³/mol. The fourth-order valence-corrected chi connectivity index (χ4v) is 3.55. The van der Waals surface area contributed by atoms with E-state index in [1.54, 1.807) is 18.2 Å². The SMILES string of the molecule is O=C([O-])c1ccccc1OCC[NH+]1CCC(Cc2ccccc2)CC1. The first-order valence-corrected chi connectivity index (χ1v) is 9.03. The highest BCUT2D eigenvalue weighted by Gasteiger charge is 2.22. The number of carbonyl (C=O) groups is 1. The minimum atomic E-state index is -1.19. The molecule has 1 N–H and O–H groups in total. The maximum Gasteiger partial charge on any atom is 0.137 e. The van der Waals surface area contributed by atoms with Gasteiger partial charge in [0.25, 0.3) is 0 Å². The van der Waals surface area contributed by atoms with E-state index in [1.165, 1.54) is 35.8 Å². The third-order valence-electron chi connectivity index (χ3n) is 5.00. The van der Waals surface area contributed by atoms with Gasteiger partial charge in [0.1, 0.15) is 18.9 Å². The number of nitrogens with one attached hydrogen (secondary N) is 1. The van der Waals surface area contributed by atoms with Crippen molar-refractivity contribution >= 4 is 5.97 Å². The number of aromatic carboxylic acids is 1. The van der Waals surface area contributed by atoms with Crippen LogP contribution >= 0.6 is 0 Å². The fourth-order valence-electron chi connectivity index (χ4n) is 3.55. The second kappa shape index (κ2) is 8.67. The number of likely N-dealkylation sites (tertiary alicyclic amines) is 1. The molecule has 2 aromatic carbocycles. The molecule has 0 aliphatic carbocycles. The highest BCUT2D eigenvalue weighted by molar-refractivity contribution is 5.89. The van der Waals surface area contributed by atoms with Crippen molar-refractivity contribution in [2.45, 2.75) is 19.3 Å². The molecule has 4 heteroatoms. The lowest BCUT2D eigenvalue weighted by molar-refractivity contribution is -0.906. The van der Waals surface area contributed by atoms with E-state index in [0.717, 1.165) is 25.6 Å². The summed E-state index contributed by atoms with van der Waals surface area (Å²) in [6, 6.07) is 17.4. The lowest BCUT2D eigenvalue weighted by Gasteiger charge is -2.29. The van der Waals surface area contributed by atoms with Gasteiger partial charge in [-0.1, -0.05) is 42.5 Å². The third-order valence-corrected chi connectivity index (χ3v) is 5.00. The van der Waals surface area contributed by atoms with Gasteiger partial charge in [0.05, 0.1) is 19.1 Å². The topological polar surface area (TPSA) is 53.8 Å². The Morgan fingerprint density at radius 1 is 1.04 bits per heavy atom. The number of para-hydroxylation sites is 1. The number of carboxylic acid groups (broad SMARTS) is 1. The van der Waals surface area contributed by atoms with Crippen molar-refractivity contribution in [3.8, 4) is 5.75 Å². The number of carboxylic acids is 1. The van der Waals surface area contributed by atoms with Crippen molar-refractivity contribution in [3.63, 3.8) is 0 Å². The van der Waals surface area contributed by atoms with Crippen LogP contribution in [0.5, 0.6) is 5.75 Å². The molecule has 3 rings (SSSR count). The van der Waals surface area contributed by atoms with Gasteiger partial charge >= 0.3 is 0 Å².